The van der Waals surface area contributed by atoms with Crippen LogP contribution in [0.25, 0.3) is 0 Å². The van der Waals surface area contributed by atoms with Gasteiger partial charge in [-0.15, -0.1) is 0 Å². The number of rotatable bonds is 4. The molecule has 6 nitrogen and oxygen atoms in total. The lowest BCUT2D eigenvalue weighted by atomic mass is 10.5. The molecule has 0 aliphatic heterocycles. The fourth-order valence-corrected chi connectivity index (χ4v) is 6.99. The second kappa shape index (κ2) is 6.57. The largest absolute Gasteiger partial charge is 0.292 e. The van der Waals surface area contributed by atoms with Crippen LogP contribution in [0.15, 0.2) is 46.5 Å². The molecule has 0 bridgehead atoms. The van der Waals surface area contributed by atoms with Crippen molar-refractivity contribution in [3.05, 3.63) is 46.7 Å². The van der Waals surface area contributed by atoms with Crippen LogP contribution in [0.3, 0.4) is 0 Å². The molecular formula is C11H6Br2Cl2N2O4S2. The normalized spacial score (nSPS) is 13.0. The molecule has 0 N–H and O–H groups in total. The highest BCUT2D eigenvalue weighted by atomic mass is 79.9. The van der Waals surface area contributed by atoms with E-state index in [0.717, 1.165) is 12.1 Å². The zero-order valence-electron chi connectivity index (χ0n) is 10.8. The van der Waals surface area contributed by atoms with E-state index in [2.05, 4.69) is 41.8 Å². The Balaban J connectivity index is 2.65. The van der Waals surface area contributed by atoms with E-state index in [1.165, 1.54) is 24.3 Å². The van der Waals surface area contributed by atoms with Crippen LogP contribution in [0.2, 0.25) is 10.3 Å². The SMILES string of the molecule is O=S(=O)(c1cccc(Cl)n1)C(Br)(Br)S(=O)(=O)c1cccc(Cl)n1. The number of sulfone groups is 2. The average Bonchev–Trinajstić information content (AvgIpc) is 2.46. The molecule has 2 rings (SSSR count). The van der Waals surface area contributed by atoms with E-state index in [-0.39, 0.29) is 10.3 Å². The zero-order chi connectivity index (χ0) is 17.5. The third-order valence-corrected chi connectivity index (χ3v) is 12.2. The topological polar surface area (TPSA) is 94.1 Å². The Morgan fingerprint density at radius 2 is 1.13 bits per heavy atom. The van der Waals surface area contributed by atoms with Gasteiger partial charge in [-0.25, -0.2) is 26.8 Å². The van der Waals surface area contributed by atoms with Crippen LogP contribution >= 0.6 is 55.1 Å². The summed E-state index contributed by atoms with van der Waals surface area (Å²) >= 11 is 16.8. The van der Waals surface area contributed by atoms with Gasteiger partial charge in [0, 0.05) is 0 Å². The fraction of sp³-hybridized carbons (Fsp3) is 0.0909. The lowest BCUT2D eigenvalue weighted by Gasteiger charge is -2.20. The lowest BCUT2D eigenvalue weighted by molar-refractivity contribution is 0.580. The van der Waals surface area contributed by atoms with Crippen LogP contribution in [0.4, 0.5) is 0 Å². The summed E-state index contributed by atoms with van der Waals surface area (Å²) < 4.78 is 48.0. The van der Waals surface area contributed by atoms with Crippen molar-refractivity contribution in [2.45, 2.75) is 11.9 Å². The summed E-state index contributed by atoms with van der Waals surface area (Å²) in [7, 11) is -9.03. The summed E-state index contributed by atoms with van der Waals surface area (Å²) in [6.45, 7) is 0. The van der Waals surface area contributed by atoms with Crippen molar-refractivity contribution in [1.29, 1.82) is 0 Å². The summed E-state index contributed by atoms with van der Waals surface area (Å²) in [5.74, 6) is 0. The first kappa shape index (κ1) is 19.1. The van der Waals surface area contributed by atoms with Gasteiger partial charge < -0.3 is 0 Å². The highest BCUT2D eigenvalue weighted by Gasteiger charge is 2.54. The molecule has 0 aliphatic carbocycles. The summed E-state index contributed by atoms with van der Waals surface area (Å²) in [4.78, 5) is 7.28. The molecule has 0 aliphatic rings. The second-order valence-electron chi connectivity index (χ2n) is 4.07. The van der Waals surface area contributed by atoms with Crippen molar-refractivity contribution < 1.29 is 16.8 Å². The molecule has 0 radical (unpaired) electrons. The molecule has 23 heavy (non-hydrogen) atoms. The number of halogens is 4. The first-order valence-corrected chi connectivity index (χ1v) is 10.9. The molecule has 0 unspecified atom stereocenters. The van der Waals surface area contributed by atoms with Gasteiger partial charge >= 0.3 is 0 Å². The van der Waals surface area contributed by atoms with Crippen molar-refractivity contribution in [2.75, 3.05) is 0 Å². The minimum absolute atomic E-state index is 0.0971. The Kier molecular flexibility index (Phi) is 5.44. The Labute approximate surface area is 159 Å². The van der Waals surface area contributed by atoms with Gasteiger partial charge in [0.25, 0.3) is 1.90 Å². The molecule has 12 heteroatoms. The van der Waals surface area contributed by atoms with Crippen LogP contribution in [0.1, 0.15) is 0 Å². The smallest absolute Gasteiger partial charge is 0.224 e. The highest BCUT2D eigenvalue weighted by Crippen LogP contribution is 2.45. The van der Waals surface area contributed by atoms with E-state index in [4.69, 9.17) is 23.2 Å². The van der Waals surface area contributed by atoms with Gasteiger partial charge in [0.15, 0.2) is 10.1 Å². The number of hydrogen-bond donors (Lipinski definition) is 0. The molecular weight excluding hydrogens is 519 g/mol. The number of hydrogen-bond acceptors (Lipinski definition) is 6. The highest BCUT2D eigenvalue weighted by molar-refractivity contribution is 9.30. The van der Waals surface area contributed by atoms with Crippen LogP contribution in [-0.2, 0) is 19.7 Å². The van der Waals surface area contributed by atoms with E-state index in [1.54, 1.807) is 0 Å². The summed E-state index contributed by atoms with van der Waals surface area (Å²) in [5.41, 5.74) is 0. The van der Waals surface area contributed by atoms with Gasteiger partial charge in [-0.1, -0.05) is 35.3 Å². The van der Waals surface area contributed by atoms with Crippen molar-refractivity contribution in [2.24, 2.45) is 0 Å². The molecule has 0 aromatic carbocycles. The van der Waals surface area contributed by atoms with Gasteiger partial charge in [0.2, 0.25) is 19.7 Å². The Morgan fingerprint density at radius 1 is 0.783 bits per heavy atom. The second-order valence-corrected chi connectivity index (χ2v) is 14.7. The molecule has 124 valence electrons. The number of aromatic nitrogens is 2. The number of nitrogens with zero attached hydrogens (tertiary/aromatic N) is 2. The third kappa shape index (κ3) is 3.42. The van der Waals surface area contributed by atoms with Crippen molar-refractivity contribution in [3.63, 3.8) is 0 Å². The molecule has 0 saturated carbocycles. The van der Waals surface area contributed by atoms with Gasteiger partial charge in [-0.05, 0) is 56.1 Å². The minimum Gasteiger partial charge on any atom is -0.224 e. The molecule has 0 fully saturated rings. The molecule has 0 saturated heterocycles. The standard InChI is InChI=1S/C11H6Br2Cl2N2O4S2/c12-11(13,22(18,19)9-5-1-3-7(14)16-9)23(20,21)10-6-2-4-8(15)17-10/h1-6H. The maximum Gasteiger partial charge on any atom is 0.292 e. The predicted octanol–water partition coefficient (Wildman–Crippen LogP) is 3.43. The first-order chi connectivity index (χ1) is 10.5. The zero-order valence-corrected chi connectivity index (χ0v) is 17.1. The third-order valence-electron chi connectivity index (χ3n) is 2.56. The minimum atomic E-state index is -4.51. The van der Waals surface area contributed by atoms with E-state index in [9.17, 15) is 16.8 Å². The first-order valence-electron chi connectivity index (χ1n) is 5.62. The molecule has 2 aromatic rings. The van der Waals surface area contributed by atoms with Crippen LogP contribution in [0.5, 0.6) is 0 Å². The molecule has 0 spiro atoms. The monoisotopic (exact) mass is 522 g/mol. The van der Waals surface area contributed by atoms with Crippen molar-refractivity contribution in [3.8, 4) is 0 Å². The van der Waals surface area contributed by atoms with Crippen LogP contribution < -0.4 is 0 Å². The summed E-state index contributed by atoms with van der Waals surface area (Å²) in [6, 6.07) is 7.64. The Morgan fingerprint density at radius 3 is 1.43 bits per heavy atom. The van der Waals surface area contributed by atoms with E-state index in [1.807, 2.05) is 0 Å². The van der Waals surface area contributed by atoms with Gasteiger partial charge in [-0.2, -0.15) is 0 Å². The molecule has 2 heterocycles. The van der Waals surface area contributed by atoms with Crippen molar-refractivity contribution >= 4 is 74.7 Å². The summed E-state index contributed by atoms with van der Waals surface area (Å²) in [6.07, 6.45) is 0. The summed E-state index contributed by atoms with van der Waals surface area (Å²) in [5, 5.41) is -1.24. The van der Waals surface area contributed by atoms with E-state index >= 15 is 0 Å². The Hall–Kier alpha value is -0.260. The van der Waals surface area contributed by atoms with Crippen LogP contribution in [-0.4, -0.2) is 28.7 Å². The predicted molar refractivity (Wildman–Crippen MR) is 93.5 cm³/mol. The molecule has 2 aromatic heterocycles. The van der Waals surface area contributed by atoms with Gasteiger partial charge in [0.1, 0.15) is 10.3 Å². The fourth-order valence-electron chi connectivity index (χ4n) is 1.47. The quantitative estimate of drug-likeness (QED) is 0.449. The molecule has 0 amide bonds. The van der Waals surface area contributed by atoms with E-state index < -0.39 is 31.6 Å². The number of pyridine rings is 2. The van der Waals surface area contributed by atoms with E-state index in [0.29, 0.717) is 0 Å². The Bertz CT molecular complexity index is 888. The lowest BCUT2D eigenvalue weighted by Crippen LogP contribution is -2.35. The maximum absolute atomic E-state index is 12.7. The van der Waals surface area contributed by atoms with Gasteiger partial charge in [-0.3, -0.25) is 0 Å². The van der Waals surface area contributed by atoms with Crippen LogP contribution in [0, 0.1) is 0 Å². The van der Waals surface area contributed by atoms with Crippen molar-refractivity contribution in [1.82, 2.24) is 9.97 Å². The average molecular weight is 525 g/mol. The maximum atomic E-state index is 12.7. The number of alkyl halides is 2. The molecule has 0 atom stereocenters. The van der Waals surface area contributed by atoms with Gasteiger partial charge in [0.05, 0.1) is 0 Å².